The molecule has 38 heavy (non-hydrogen) atoms. The summed E-state index contributed by atoms with van der Waals surface area (Å²) in [5.74, 6) is 0.860. The average molecular weight is 517 g/mol. The quantitative estimate of drug-likeness (QED) is 0.0959. The predicted molar refractivity (Wildman–Crippen MR) is 155 cm³/mol. The molecule has 0 fully saturated rings. The van der Waals surface area contributed by atoms with Crippen LogP contribution in [0.25, 0.3) is 11.3 Å². The summed E-state index contributed by atoms with van der Waals surface area (Å²) in [5, 5.41) is 0. The first-order valence-electron chi connectivity index (χ1n) is 14.6. The topological polar surface area (TPSA) is 61.3 Å². The Bertz CT molecular complexity index is 1050. The van der Waals surface area contributed by atoms with Gasteiger partial charge in [-0.05, 0) is 61.2 Å². The smallest absolute Gasteiger partial charge is 0.363 e. The van der Waals surface area contributed by atoms with E-state index in [1.165, 1.54) is 82.4 Å². The minimum atomic E-state index is -0.511. The van der Waals surface area contributed by atoms with Crippen molar-refractivity contribution in [3.8, 4) is 22.8 Å². The number of carbonyl (C=O) groups is 1. The van der Waals surface area contributed by atoms with Gasteiger partial charge in [0.05, 0.1) is 24.7 Å². The fraction of sp³-hybridized carbons (Fsp3) is 0.485. The molecule has 5 heteroatoms. The highest BCUT2D eigenvalue weighted by molar-refractivity contribution is 5.88. The van der Waals surface area contributed by atoms with Gasteiger partial charge >= 0.3 is 5.97 Å². The van der Waals surface area contributed by atoms with Gasteiger partial charge in [-0.3, -0.25) is 4.98 Å². The van der Waals surface area contributed by atoms with Crippen LogP contribution in [-0.4, -0.2) is 22.5 Å². The van der Waals surface area contributed by atoms with E-state index in [-0.39, 0.29) is 5.69 Å². The maximum Gasteiger partial charge on any atom is 0.363 e. The van der Waals surface area contributed by atoms with Gasteiger partial charge in [0.25, 0.3) is 0 Å². The van der Waals surface area contributed by atoms with E-state index in [2.05, 4.69) is 23.8 Å². The molecule has 0 N–H and O–H groups in total. The molecule has 0 atom stereocenters. The molecule has 0 aliphatic rings. The van der Waals surface area contributed by atoms with E-state index >= 15 is 0 Å². The van der Waals surface area contributed by atoms with Crippen LogP contribution in [0.4, 0.5) is 0 Å². The van der Waals surface area contributed by atoms with Crippen molar-refractivity contribution < 1.29 is 14.3 Å². The Labute approximate surface area is 229 Å². The first kappa shape index (κ1) is 29.3. The van der Waals surface area contributed by atoms with Crippen molar-refractivity contribution in [2.75, 3.05) is 6.61 Å². The summed E-state index contributed by atoms with van der Waals surface area (Å²) in [5.41, 5.74) is 3.05. The Morgan fingerprint density at radius 2 is 1.26 bits per heavy atom. The molecule has 3 rings (SSSR count). The number of rotatable bonds is 18. The zero-order valence-corrected chi connectivity index (χ0v) is 23.3. The summed E-state index contributed by atoms with van der Waals surface area (Å²) in [6.07, 6.45) is 19.4. The Morgan fingerprint density at radius 3 is 1.89 bits per heavy atom. The van der Waals surface area contributed by atoms with Crippen molar-refractivity contribution in [3.05, 3.63) is 72.2 Å². The summed E-state index contributed by atoms with van der Waals surface area (Å²) in [6, 6.07) is 15.5. The average Bonchev–Trinajstić information content (AvgIpc) is 2.95. The molecule has 5 nitrogen and oxygen atoms in total. The van der Waals surface area contributed by atoms with Crippen LogP contribution >= 0.6 is 0 Å². The van der Waals surface area contributed by atoms with Crippen LogP contribution in [0.1, 0.15) is 107 Å². The van der Waals surface area contributed by atoms with Crippen molar-refractivity contribution >= 4 is 5.97 Å². The van der Waals surface area contributed by atoms with E-state index < -0.39 is 5.97 Å². The first-order valence-corrected chi connectivity index (χ1v) is 14.6. The molecule has 0 saturated carbocycles. The first-order chi connectivity index (χ1) is 18.7. The maximum absolute atomic E-state index is 12.5. The highest BCUT2D eigenvalue weighted by Gasteiger charge is 2.12. The Kier molecular flexibility index (Phi) is 13.4. The molecule has 204 valence electrons. The van der Waals surface area contributed by atoms with Crippen molar-refractivity contribution in [1.29, 1.82) is 0 Å². The van der Waals surface area contributed by atoms with Gasteiger partial charge in [-0.25, -0.2) is 9.78 Å². The lowest BCUT2D eigenvalue weighted by molar-refractivity contribution is 0.0728. The van der Waals surface area contributed by atoms with Crippen LogP contribution in [-0.2, 0) is 6.42 Å². The van der Waals surface area contributed by atoms with Gasteiger partial charge < -0.3 is 9.47 Å². The highest BCUT2D eigenvalue weighted by atomic mass is 16.5. The molecule has 0 radical (unpaired) electrons. The van der Waals surface area contributed by atoms with Gasteiger partial charge in [-0.15, -0.1) is 0 Å². The second-order valence-corrected chi connectivity index (χ2v) is 9.98. The fourth-order valence-corrected chi connectivity index (χ4v) is 4.37. The molecule has 0 aliphatic carbocycles. The van der Waals surface area contributed by atoms with Crippen LogP contribution in [0, 0.1) is 0 Å². The molecule has 0 unspecified atom stereocenters. The standard InChI is InChI=1S/C33H44N2O3/c1-3-5-7-8-9-10-11-12-14-24-37-29-22-18-28(19-23-29)31-25-35-32(26-34-31)33(36)38-30-20-16-27(17-21-30)15-13-6-4-2/h16-23,25-26H,3-15,24H2,1-2H3. The van der Waals surface area contributed by atoms with Gasteiger partial charge in [0.2, 0.25) is 0 Å². The largest absolute Gasteiger partial charge is 0.494 e. The lowest BCUT2D eigenvalue weighted by Crippen LogP contribution is -2.11. The molecule has 1 heterocycles. The fourth-order valence-electron chi connectivity index (χ4n) is 4.37. The summed E-state index contributed by atoms with van der Waals surface area (Å²) >= 11 is 0. The number of unbranched alkanes of at least 4 members (excludes halogenated alkanes) is 10. The van der Waals surface area contributed by atoms with Gasteiger partial charge in [0.15, 0.2) is 5.69 Å². The van der Waals surface area contributed by atoms with Gasteiger partial charge in [-0.1, -0.05) is 90.2 Å². The molecule has 1 aromatic heterocycles. The van der Waals surface area contributed by atoms with Crippen molar-refractivity contribution in [3.63, 3.8) is 0 Å². The third kappa shape index (κ3) is 10.6. The molecular formula is C33H44N2O3. The van der Waals surface area contributed by atoms with Crippen LogP contribution in [0.3, 0.4) is 0 Å². The second-order valence-electron chi connectivity index (χ2n) is 9.98. The molecule has 0 bridgehead atoms. The number of hydrogen-bond acceptors (Lipinski definition) is 5. The van der Waals surface area contributed by atoms with Crippen LogP contribution < -0.4 is 9.47 Å². The summed E-state index contributed by atoms with van der Waals surface area (Å²) < 4.78 is 11.4. The van der Waals surface area contributed by atoms with E-state index in [0.29, 0.717) is 11.4 Å². The number of carbonyl (C=O) groups excluding carboxylic acids is 1. The molecule has 0 aliphatic heterocycles. The molecule has 0 saturated heterocycles. The van der Waals surface area contributed by atoms with Crippen molar-refractivity contribution in [1.82, 2.24) is 9.97 Å². The Balaban J connectivity index is 1.38. The minimum absolute atomic E-state index is 0.182. The zero-order chi connectivity index (χ0) is 26.8. The Morgan fingerprint density at radius 1 is 0.658 bits per heavy atom. The van der Waals surface area contributed by atoms with E-state index in [1.54, 1.807) is 6.20 Å². The van der Waals surface area contributed by atoms with Gasteiger partial charge in [0, 0.05) is 5.56 Å². The lowest BCUT2D eigenvalue weighted by Gasteiger charge is -2.08. The van der Waals surface area contributed by atoms with E-state index in [1.807, 2.05) is 48.5 Å². The van der Waals surface area contributed by atoms with E-state index in [9.17, 15) is 4.79 Å². The van der Waals surface area contributed by atoms with E-state index in [0.717, 1.165) is 30.8 Å². The molecular weight excluding hydrogens is 472 g/mol. The van der Waals surface area contributed by atoms with Crippen LogP contribution in [0.5, 0.6) is 11.5 Å². The number of esters is 1. The number of benzene rings is 2. The third-order valence-electron chi connectivity index (χ3n) is 6.73. The lowest BCUT2D eigenvalue weighted by atomic mass is 10.1. The van der Waals surface area contributed by atoms with Crippen LogP contribution in [0.15, 0.2) is 60.9 Å². The van der Waals surface area contributed by atoms with Gasteiger partial charge in [0.1, 0.15) is 11.5 Å². The van der Waals surface area contributed by atoms with E-state index in [4.69, 9.17) is 9.47 Å². The normalized spacial score (nSPS) is 10.9. The van der Waals surface area contributed by atoms with Crippen molar-refractivity contribution in [2.45, 2.75) is 97.3 Å². The number of hydrogen-bond donors (Lipinski definition) is 0. The SMILES string of the molecule is CCCCCCCCCCCOc1ccc(-c2cnc(C(=O)Oc3ccc(CCCCC)cc3)cn2)cc1. The Hall–Kier alpha value is -3.21. The number of aryl methyl sites for hydroxylation is 1. The molecule has 3 aromatic rings. The highest BCUT2D eigenvalue weighted by Crippen LogP contribution is 2.21. The molecule has 2 aromatic carbocycles. The zero-order valence-electron chi connectivity index (χ0n) is 23.3. The maximum atomic E-state index is 12.5. The minimum Gasteiger partial charge on any atom is -0.494 e. The summed E-state index contributed by atoms with van der Waals surface area (Å²) in [7, 11) is 0. The number of aromatic nitrogens is 2. The monoisotopic (exact) mass is 516 g/mol. The van der Waals surface area contributed by atoms with Gasteiger partial charge in [-0.2, -0.15) is 0 Å². The number of nitrogens with zero attached hydrogens (tertiary/aromatic N) is 2. The number of ether oxygens (including phenoxy) is 2. The molecule has 0 spiro atoms. The van der Waals surface area contributed by atoms with Crippen LogP contribution in [0.2, 0.25) is 0 Å². The third-order valence-corrected chi connectivity index (χ3v) is 6.73. The second kappa shape index (κ2) is 17.3. The summed E-state index contributed by atoms with van der Waals surface area (Å²) in [4.78, 5) is 21.2. The van der Waals surface area contributed by atoms with Crippen molar-refractivity contribution in [2.24, 2.45) is 0 Å². The summed E-state index contributed by atoms with van der Waals surface area (Å²) in [6.45, 7) is 5.20. The molecule has 0 amide bonds. The predicted octanol–water partition coefficient (Wildman–Crippen LogP) is 9.01.